The van der Waals surface area contributed by atoms with E-state index in [1.165, 1.54) is 0 Å². The van der Waals surface area contributed by atoms with Crippen molar-refractivity contribution in [1.82, 2.24) is 0 Å². The lowest BCUT2D eigenvalue weighted by Gasteiger charge is -2.20. The van der Waals surface area contributed by atoms with Gasteiger partial charge in [-0.05, 0) is 0 Å². The molecule has 0 N–H and O–H groups in total. The van der Waals surface area contributed by atoms with Crippen molar-refractivity contribution in [3.8, 4) is 49.4 Å². The Morgan fingerprint density at radius 1 is 0.619 bits per heavy atom. The predicted molar refractivity (Wildman–Crippen MR) is 75.4 cm³/mol. The molecule has 0 spiro atoms. The van der Waals surface area contributed by atoms with Crippen molar-refractivity contribution >= 4 is 15.6 Å². The molecule has 7 nitrogen and oxygen atoms in total. The van der Waals surface area contributed by atoms with Gasteiger partial charge in [-0.25, -0.2) is 9.13 Å². The van der Waals surface area contributed by atoms with Crippen molar-refractivity contribution in [3.05, 3.63) is 0 Å². The van der Waals surface area contributed by atoms with Crippen LogP contribution in [-0.4, -0.2) is 26.4 Å². The molecule has 0 aromatic heterocycles. The Morgan fingerprint density at radius 3 is 1.05 bits per heavy atom. The predicted octanol–water partition coefficient (Wildman–Crippen LogP) is 1.82. The summed E-state index contributed by atoms with van der Waals surface area (Å²) in [6.07, 6.45) is 19.8. The first-order valence-corrected chi connectivity index (χ1v) is 8.11. The largest absolute Gasteiger partial charge is 0.485 e. The van der Waals surface area contributed by atoms with Gasteiger partial charge in [0.25, 0.3) is 0 Å². The molecule has 0 amide bonds. The van der Waals surface area contributed by atoms with Gasteiger partial charge in [0.15, 0.2) is 0 Å². The standard InChI is InChI=1S/C12H12O7P2/c1-5-9-15-20(13,16-10-6-2)19-21(14,17-11-7-3)18-12-8-4/h1-4H,9-12H2. The highest BCUT2D eigenvalue weighted by molar-refractivity contribution is 7.62. The number of rotatable bonds is 10. The summed E-state index contributed by atoms with van der Waals surface area (Å²) in [4.78, 5) is 0. The molecule has 0 saturated heterocycles. The van der Waals surface area contributed by atoms with E-state index in [1.54, 1.807) is 0 Å². The second-order valence-corrected chi connectivity index (χ2v) is 6.36. The monoisotopic (exact) mass is 330 g/mol. The van der Waals surface area contributed by atoms with Crippen molar-refractivity contribution < 1.29 is 31.5 Å². The Bertz CT molecular complexity index is 489. The van der Waals surface area contributed by atoms with Gasteiger partial charge in [-0.2, -0.15) is 4.31 Å². The molecule has 0 aliphatic heterocycles. The van der Waals surface area contributed by atoms with Crippen LogP contribution in [0.5, 0.6) is 0 Å². The minimum Gasteiger partial charge on any atom is -0.273 e. The maximum Gasteiger partial charge on any atom is 0.485 e. The molecule has 9 heteroatoms. The first-order chi connectivity index (χ1) is 9.95. The average Bonchev–Trinajstić information content (AvgIpc) is 2.47. The smallest absolute Gasteiger partial charge is 0.273 e. The normalized spacial score (nSPS) is 10.9. The topological polar surface area (TPSA) is 80.3 Å². The second kappa shape index (κ2) is 10.3. The second-order valence-electron chi connectivity index (χ2n) is 2.89. The molecule has 0 aromatic carbocycles. The minimum absolute atomic E-state index is 0.452. The molecule has 0 atom stereocenters. The zero-order chi connectivity index (χ0) is 16.2. The van der Waals surface area contributed by atoms with Crippen molar-refractivity contribution in [2.75, 3.05) is 26.4 Å². The molecule has 0 aliphatic rings. The third-order valence-corrected chi connectivity index (χ3v) is 4.81. The van der Waals surface area contributed by atoms with E-state index in [2.05, 4.69) is 22.4 Å². The van der Waals surface area contributed by atoms with E-state index in [0.717, 1.165) is 0 Å². The van der Waals surface area contributed by atoms with Crippen LogP contribution < -0.4 is 0 Å². The van der Waals surface area contributed by atoms with Crippen LogP contribution >= 0.6 is 15.6 Å². The number of phosphoric acid groups is 2. The Balaban J connectivity index is 5.12. The fraction of sp³-hybridized carbons (Fsp3) is 0.333. The third kappa shape index (κ3) is 8.39. The van der Waals surface area contributed by atoms with E-state index in [-0.39, 0.29) is 0 Å². The van der Waals surface area contributed by atoms with Crippen LogP contribution in [0.15, 0.2) is 0 Å². The molecule has 0 aliphatic carbocycles. The third-order valence-electron chi connectivity index (χ3n) is 1.42. The number of hydrogen-bond acceptors (Lipinski definition) is 7. The lowest BCUT2D eigenvalue weighted by Crippen LogP contribution is -2.05. The van der Waals surface area contributed by atoms with Crippen LogP contribution in [0.4, 0.5) is 0 Å². The molecule has 112 valence electrons. The maximum atomic E-state index is 12.2. The number of terminal acetylenes is 4. The van der Waals surface area contributed by atoms with Gasteiger partial charge in [-0.15, -0.1) is 25.7 Å². The molecular weight excluding hydrogens is 318 g/mol. The highest BCUT2D eigenvalue weighted by Gasteiger charge is 2.40. The summed E-state index contributed by atoms with van der Waals surface area (Å²) >= 11 is 0. The highest BCUT2D eigenvalue weighted by Crippen LogP contribution is 2.65. The minimum atomic E-state index is -4.39. The summed E-state index contributed by atoms with van der Waals surface area (Å²) in [7, 11) is -8.78. The summed E-state index contributed by atoms with van der Waals surface area (Å²) in [5.74, 6) is 8.12. The Kier molecular flexibility index (Phi) is 9.53. The summed E-state index contributed by atoms with van der Waals surface area (Å²) < 4.78 is 47.8. The fourth-order valence-electron chi connectivity index (χ4n) is 0.757. The van der Waals surface area contributed by atoms with Crippen molar-refractivity contribution in [2.45, 2.75) is 0 Å². The summed E-state index contributed by atoms with van der Waals surface area (Å²) in [5, 5.41) is 0. The van der Waals surface area contributed by atoms with Crippen LogP contribution in [0.1, 0.15) is 0 Å². The Morgan fingerprint density at radius 2 is 0.857 bits per heavy atom. The zero-order valence-corrected chi connectivity index (χ0v) is 12.7. The molecule has 0 bridgehead atoms. The van der Waals surface area contributed by atoms with Crippen LogP contribution in [0, 0.1) is 49.4 Å². The van der Waals surface area contributed by atoms with Crippen molar-refractivity contribution in [2.24, 2.45) is 0 Å². The number of phosphoric ester groups is 2. The van der Waals surface area contributed by atoms with Gasteiger partial charge < -0.3 is 0 Å². The average molecular weight is 330 g/mol. The maximum absolute atomic E-state index is 12.2. The number of hydrogen-bond donors (Lipinski definition) is 0. The first kappa shape index (κ1) is 19.5. The zero-order valence-electron chi connectivity index (χ0n) is 10.9. The van der Waals surface area contributed by atoms with Crippen molar-refractivity contribution in [3.63, 3.8) is 0 Å². The molecule has 21 heavy (non-hydrogen) atoms. The van der Waals surface area contributed by atoms with Gasteiger partial charge in [-0.3, -0.25) is 18.1 Å². The van der Waals surface area contributed by atoms with Crippen LogP contribution in [0.25, 0.3) is 0 Å². The van der Waals surface area contributed by atoms with Gasteiger partial charge in [-0.1, -0.05) is 23.7 Å². The van der Waals surface area contributed by atoms with E-state index in [4.69, 9.17) is 25.7 Å². The van der Waals surface area contributed by atoms with Gasteiger partial charge in [0, 0.05) is 0 Å². The van der Waals surface area contributed by atoms with E-state index >= 15 is 0 Å². The molecule has 0 saturated carbocycles. The Hall–Kier alpha value is -1.50. The quantitative estimate of drug-likeness (QED) is 0.446. The van der Waals surface area contributed by atoms with E-state index in [9.17, 15) is 9.13 Å². The van der Waals surface area contributed by atoms with Gasteiger partial charge >= 0.3 is 15.6 Å². The Labute approximate surface area is 123 Å². The summed E-state index contributed by atoms with van der Waals surface area (Å²) in [6.45, 7) is -1.81. The molecule has 0 radical (unpaired) electrons. The lowest BCUT2D eigenvalue weighted by atomic mass is 10.8. The fourth-order valence-corrected chi connectivity index (χ4v) is 3.57. The van der Waals surface area contributed by atoms with E-state index in [0.29, 0.717) is 0 Å². The van der Waals surface area contributed by atoms with Crippen LogP contribution in [-0.2, 0) is 31.5 Å². The molecular formula is C12H12O7P2. The molecule has 0 aromatic rings. The summed E-state index contributed by atoms with van der Waals surface area (Å²) in [6, 6.07) is 0. The molecule has 0 fully saturated rings. The van der Waals surface area contributed by atoms with Crippen molar-refractivity contribution in [1.29, 1.82) is 0 Å². The summed E-state index contributed by atoms with van der Waals surface area (Å²) in [5.41, 5.74) is 0. The van der Waals surface area contributed by atoms with E-state index in [1.807, 2.05) is 23.7 Å². The van der Waals surface area contributed by atoms with Gasteiger partial charge in [0.1, 0.15) is 26.4 Å². The highest BCUT2D eigenvalue weighted by atomic mass is 31.3. The molecule has 0 unspecified atom stereocenters. The van der Waals surface area contributed by atoms with Crippen LogP contribution in [0.3, 0.4) is 0 Å². The lowest BCUT2D eigenvalue weighted by molar-refractivity contribution is 0.134. The SMILES string of the molecule is C#CCOP(=O)(OCC#C)OP(=O)(OCC#C)OCC#C. The van der Waals surface area contributed by atoms with Gasteiger partial charge in [0.05, 0.1) is 0 Å². The first-order valence-electron chi connectivity index (χ1n) is 5.18. The van der Waals surface area contributed by atoms with Crippen LogP contribution in [0.2, 0.25) is 0 Å². The molecule has 0 heterocycles. The van der Waals surface area contributed by atoms with E-state index < -0.39 is 42.1 Å². The van der Waals surface area contributed by atoms with Gasteiger partial charge in [0.2, 0.25) is 0 Å². The molecule has 0 rings (SSSR count).